The van der Waals surface area contributed by atoms with Crippen LogP contribution < -0.4 is 0 Å². The molecule has 2 nitrogen and oxygen atoms in total. The maximum absolute atomic E-state index is 12.3. The number of carbonyl (C=O) groups is 1. The molecule has 2 rings (SSSR count). The summed E-state index contributed by atoms with van der Waals surface area (Å²) < 4.78 is 0. The third kappa shape index (κ3) is 2.21. The van der Waals surface area contributed by atoms with E-state index in [1.807, 2.05) is 51.1 Å². The fourth-order valence-corrected chi connectivity index (χ4v) is 1.77. The molecule has 0 aliphatic carbocycles. The normalized spacial score (nSPS) is 11.7. The van der Waals surface area contributed by atoms with E-state index in [0.29, 0.717) is 0 Å². The van der Waals surface area contributed by atoms with Gasteiger partial charge in [0.05, 0.1) is 5.52 Å². The number of hydrogen-bond donors (Lipinski definition) is 0. The van der Waals surface area contributed by atoms with Crippen molar-refractivity contribution in [2.24, 2.45) is 5.41 Å². The van der Waals surface area contributed by atoms with Crippen molar-refractivity contribution in [1.82, 2.24) is 4.98 Å². The number of Topliss-reactive ketones (excluding diaryl/α,β-unsaturated/α-hetero) is 1. The molecule has 1 heterocycles. The summed E-state index contributed by atoms with van der Waals surface area (Å²) in [6.45, 7) is 6.02. The Morgan fingerprint density at radius 1 is 1.29 bits per heavy atom. The highest BCUT2D eigenvalue weighted by molar-refractivity contribution is 6.02. The van der Waals surface area contributed by atoms with Gasteiger partial charge in [-0.05, 0) is 30.7 Å². The lowest BCUT2D eigenvalue weighted by molar-refractivity contribution is 0.0833. The van der Waals surface area contributed by atoms with Gasteiger partial charge >= 0.3 is 0 Å². The van der Waals surface area contributed by atoms with Crippen molar-refractivity contribution in [3.8, 4) is 0 Å². The van der Waals surface area contributed by atoms with Crippen molar-refractivity contribution >= 4 is 16.7 Å². The van der Waals surface area contributed by atoms with Crippen LogP contribution in [0.25, 0.3) is 10.9 Å². The Kier molecular flexibility index (Phi) is 2.97. The van der Waals surface area contributed by atoms with Crippen LogP contribution in [0.2, 0.25) is 0 Å². The summed E-state index contributed by atoms with van der Waals surface area (Å²) in [5.74, 6) is 0.200. The van der Waals surface area contributed by atoms with Crippen LogP contribution in [0.15, 0.2) is 36.5 Å². The van der Waals surface area contributed by atoms with Gasteiger partial charge in [0.15, 0.2) is 5.78 Å². The van der Waals surface area contributed by atoms with Gasteiger partial charge in [-0.3, -0.25) is 9.78 Å². The Morgan fingerprint density at radius 3 is 2.76 bits per heavy atom. The van der Waals surface area contributed by atoms with Crippen molar-refractivity contribution in [1.29, 1.82) is 0 Å². The summed E-state index contributed by atoms with van der Waals surface area (Å²) in [6.07, 6.45) is 2.61. The molecule has 0 amide bonds. The number of fused-ring (bicyclic) bond motifs is 1. The molecule has 0 fully saturated rings. The molecule has 0 saturated carbocycles. The van der Waals surface area contributed by atoms with Crippen LogP contribution in [0.3, 0.4) is 0 Å². The van der Waals surface area contributed by atoms with E-state index in [-0.39, 0.29) is 11.2 Å². The SMILES string of the molecule is CCC(C)(C)C(=O)c1ccc2ncccc2c1. The number of aromatic nitrogens is 1. The Bertz CT molecular complexity index is 558. The van der Waals surface area contributed by atoms with Crippen LogP contribution in [0, 0.1) is 5.41 Å². The summed E-state index contributed by atoms with van der Waals surface area (Å²) in [6, 6.07) is 9.59. The first kappa shape index (κ1) is 11.8. The molecule has 1 aromatic heterocycles. The fraction of sp³-hybridized carbons (Fsp3) is 0.333. The molecular formula is C15H17NO. The van der Waals surface area contributed by atoms with Gasteiger partial charge in [0.1, 0.15) is 0 Å². The molecule has 2 aromatic rings. The van der Waals surface area contributed by atoms with Crippen LogP contribution in [-0.2, 0) is 0 Å². The lowest BCUT2D eigenvalue weighted by Gasteiger charge is -2.20. The van der Waals surface area contributed by atoms with Gasteiger partial charge in [-0.1, -0.05) is 26.8 Å². The van der Waals surface area contributed by atoms with Gasteiger partial charge in [0, 0.05) is 22.6 Å². The summed E-state index contributed by atoms with van der Waals surface area (Å²) in [5.41, 5.74) is 1.41. The zero-order chi connectivity index (χ0) is 12.5. The third-order valence-electron chi connectivity index (χ3n) is 3.36. The minimum Gasteiger partial charge on any atom is -0.294 e. The standard InChI is InChI=1S/C15H17NO/c1-4-15(2,3)14(17)12-7-8-13-11(10-12)6-5-9-16-13/h5-10H,4H2,1-3H3. The van der Waals surface area contributed by atoms with Gasteiger partial charge in [0.2, 0.25) is 0 Å². The van der Waals surface area contributed by atoms with Crippen LogP contribution in [0.1, 0.15) is 37.6 Å². The summed E-state index contributed by atoms with van der Waals surface area (Å²) in [7, 11) is 0. The molecule has 88 valence electrons. The molecule has 0 aliphatic heterocycles. The second kappa shape index (κ2) is 4.28. The molecule has 1 aromatic carbocycles. The Hall–Kier alpha value is -1.70. The summed E-state index contributed by atoms with van der Waals surface area (Å²) >= 11 is 0. The molecular weight excluding hydrogens is 210 g/mol. The molecule has 0 saturated heterocycles. The second-order valence-electron chi connectivity index (χ2n) is 4.98. The second-order valence-corrected chi connectivity index (χ2v) is 4.98. The smallest absolute Gasteiger partial charge is 0.168 e. The number of rotatable bonds is 3. The van der Waals surface area contributed by atoms with E-state index in [9.17, 15) is 4.79 Å². The van der Waals surface area contributed by atoms with Gasteiger partial charge in [-0.15, -0.1) is 0 Å². The van der Waals surface area contributed by atoms with Crippen molar-refractivity contribution < 1.29 is 4.79 Å². The van der Waals surface area contributed by atoms with E-state index >= 15 is 0 Å². The topological polar surface area (TPSA) is 30.0 Å². The number of carbonyl (C=O) groups excluding carboxylic acids is 1. The molecule has 0 radical (unpaired) electrons. The Labute approximate surface area is 102 Å². The highest BCUT2D eigenvalue weighted by Crippen LogP contribution is 2.26. The lowest BCUT2D eigenvalue weighted by atomic mass is 9.82. The largest absolute Gasteiger partial charge is 0.294 e. The Morgan fingerprint density at radius 2 is 2.06 bits per heavy atom. The molecule has 0 unspecified atom stereocenters. The first-order valence-corrected chi connectivity index (χ1v) is 5.94. The van der Waals surface area contributed by atoms with Crippen molar-refractivity contribution in [3.05, 3.63) is 42.1 Å². The van der Waals surface area contributed by atoms with E-state index in [1.54, 1.807) is 6.20 Å². The quantitative estimate of drug-likeness (QED) is 0.745. The lowest BCUT2D eigenvalue weighted by Crippen LogP contribution is -2.23. The number of benzene rings is 1. The average Bonchev–Trinajstić information content (AvgIpc) is 2.37. The molecule has 0 aliphatic rings. The maximum Gasteiger partial charge on any atom is 0.168 e. The van der Waals surface area contributed by atoms with E-state index in [0.717, 1.165) is 22.9 Å². The van der Waals surface area contributed by atoms with E-state index in [2.05, 4.69) is 4.98 Å². The first-order valence-electron chi connectivity index (χ1n) is 5.94. The molecule has 17 heavy (non-hydrogen) atoms. The number of pyridine rings is 1. The molecule has 0 N–H and O–H groups in total. The molecule has 0 bridgehead atoms. The maximum atomic E-state index is 12.3. The molecule has 2 heteroatoms. The summed E-state index contributed by atoms with van der Waals surface area (Å²) in [4.78, 5) is 16.6. The van der Waals surface area contributed by atoms with Crippen molar-refractivity contribution in [3.63, 3.8) is 0 Å². The van der Waals surface area contributed by atoms with E-state index in [1.165, 1.54) is 0 Å². The Balaban J connectivity index is 2.47. The van der Waals surface area contributed by atoms with Crippen molar-refractivity contribution in [2.75, 3.05) is 0 Å². The number of hydrogen-bond acceptors (Lipinski definition) is 2. The van der Waals surface area contributed by atoms with Crippen LogP contribution in [-0.4, -0.2) is 10.8 Å². The molecule has 0 atom stereocenters. The molecule has 0 spiro atoms. The summed E-state index contributed by atoms with van der Waals surface area (Å²) in [5, 5.41) is 1.02. The number of nitrogens with zero attached hydrogens (tertiary/aromatic N) is 1. The monoisotopic (exact) mass is 227 g/mol. The highest BCUT2D eigenvalue weighted by Gasteiger charge is 2.26. The zero-order valence-corrected chi connectivity index (χ0v) is 10.5. The minimum atomic E-state index is -0.296. The van der Waals surface area contributed by atoms with Crippen molar-refractivity contribution in [2.45, 2.75) is 27.2 Å². The van der Waals surface area contributed by atoms with Gasteiger partial charge in [-0.2, -0.15) is 0 Å². The average molecular weight is 227 g/mol. The van der Waals surface area contributed by atoms with Crippen LogP contribution >= 0.6 is 0 Å². The van der Waals surface area contributed by atoms with E-state index < -0.39 is 0 Å². The zero-order valence-electron chi connectivity index (χ0n) is 10.5. The van der Waals surface area contributed by atoms with Gasteiger partial charge in [0.25, 0.3) is 0 Å². The van der Waals surface area contributed by atoms with Gasteiger partial charge < -0.3 is 0 Å². The van der Waals surface area contributed by atoms with E-state index in [4.69, 9.17) is 0 Å². The minimum absolute atomic E-state index is 0.200. The van der Waals surface area contributed by atoms with Crippen LogP contribution in [0.5, 0.6) is 0 Å². The predicted molar refractivity (Wildman–Crippen MR) is 70.1 cm³/mol. The fourth-order valence-electron chi connectivity index (χ4n) is 1.77. The number of ketones is 1. The third-order valence-corrected chi connectivity index (χ3v) is 3.36. The predicted octanol–water partition coefficient (Wildman–Crippen LogP) is 3.85. The van der Waals surface area contributed by atoms with Crippen LogP contribution in [0.4, 0.5) is 0 Å². The highest BCUT2D eigenvalue weighted by atomic mass is 16.1. The van der Waals surface area contributed by atoms with Gasteiger partial charge in [-0.25, -0.2) is 0 Å². The first-order chi connectivity index (χ1) is 8.04.